The topological polar surface area (TPSA) is 38.0 Å². The van der Waals surface area contributed by atoms with Crippen LogP contribution in [0.1, 0.15) is 50.1 Å². The summed E-state index contributed by atoms with van der Waals surface area (Å²) in [4.78, 5) is 0. The highest BCUT2D eigenvalue weighted by Gasteiger charge is 2.19. The first-order valence-corrected chi connectivity index (χ1v) is 7.30. The van der Waals surface area contributed by atoms with Crippen LogP contribution in [0.5, 0.6) is 0 Å². The Morgan fingerprint density at radius 3 is 2.71 bits per heavy atom. The molecule has 0 radical (unpaired) electrons. The highest BCUT2D eigenvalue weighted by atomic mass is 79.9. The van der Waals surface area contributed by atoms with Crippen molar-refractivity contribution in [1.29, 1.82) is 0 Å². The molecule has 1 atom stereocenters. The third kappa shape index (κ3) is 3.80. The van der Waals surface area contributed by atoms with Gasteiger partial charge in [-0.3, -0.25) is 11.3 Å². The summed E-state index contributed by atoms with van der Waals surface area (Å²) < 4.78 is 1.12. The van der Waals surface area contributed by atoms with Gasteiger partial charge in [0.25, 0.3) is 0 Å². The molecule has 1 fully saturated rings. The Balaban J connectivity index is 2.00. The van der Waals surface area contributed by atoms with Gasteiger partial charge in [0.15, 0.2) is 0 Å². The minimum atomic E-state index is 0.288. The van der Waals surface area contributed by atoms with Gasteiger partial charge in [-0.05, 0) is 30.0 Å². The van der Waals surface area contributed by atoms with Crippen LogP contribution in [0.4, 0.5) is 0 Å². The number of hydrogen-bond acceptors (Lipinski definition) is 2. The SMILES string of the molecule is NNC(CC1CCCCC1)c1cccc(Br)c1. The quantitative estimate of drug-likeness (QED) is 0.653. The zero-order valence-electron chi connectivity index (χ0n) is 10.2. The maximum absolute atomic E-state index is 5.71. The van der Waals surface area contributed by atoms with Crippen LogP contribution < -0.4 is 11.3 Å². The van der Waals surface area contributed by atoms with E-state index in [9.17, 15) is 0 Å². The van der Waals surface area contributed by atoms with Crippen LogP contribution in [0.3, 0.4) is 0 Å². The average Bonchev–Trinajstić information content (AvgIpc) is 2.37. The minimum absolute atomic E-state index is 0.288. The van der Waals surface area contributed by atoms with E-state index in [0.717, 1.165) is 16.8 Å². The van der Waals surface area contributed by atoms with Crippen molar-refractivity contribution in [2.75, 3.05) is 0 Å². The number of hydrogen-bond donors (Lipinski definition) is 2. The third-order valence-corrected chi connectivity index (χ3v) is 4.24. The molecule has 94 valence electrons. The number of nitrogens with two attached hydrogens (primary N) is 1. The van der Waals surface area contributed by atoms with Gasteiger partial charge in [0.2, 0.25) is 0 Å². The van der Waals surface area contributed by atoms with Gasteiger partial charge in [-0.15, -0.1) is 0 Å². The molecule has 3 N–H and O–H groups in total. The minimum Gasteiger partial charge on any atom is -0.271 e. The highest BCUT2D eigenvalue weighted by Crippen LogP contribution is 2.32. The second-order valence-electron chi connectivity index (χ2n) is 5.01. The molecule has 0 bridgehead atoms. The predicted molar refractivity (Wildman–Crippen MR) is 75.4 cm³/mol. The normalized spacial score (nSPS) is 19.2. The van der Waals surface area contributed by atoms with Crippen LogP contribution in [-0.4, -0.2) is 0 Å². The standard InChI is InChI=1S/C14H21BrN2/c15-13-8-4-7-12(10-13)14(17-16)9-11-5-2-1-3-6-11/h4,7-8,10-11,14,17H,1-3,5-6,9,16H2. The van der Waals surface area contributed by atoms with Gasteiger partial charge in [0, 0.05) is 10.5 Å². The average molecular weight is 297 g/mol. The molecule has 3 heteroatoms. The lowest BCUT2D eigenvalue weighted by atomic mass is 9.83. The van der Waals surface area contributed by atoms with E-state index in [1.807, 2.05) is 0 Å². The highest BCUT2D eigenvalue weighted by molar-refractivity contribution is 9.10. The second kappa shape index (κ2) is 6.53. The largest absolute Gasteiger partial charge is 0.271 e. The van der Waals surface area contributed by atoms with E-state index >= 15 is 0 Å². The van der Waals surface area contributed by atoms with E-state index in [4.69, 9.17) is 5.84 Å². The molecule has 0 aliphatic heterocycles. The van der Waals surface area contributed by atoms with Gasteiger partial charge in [0.05, 0.1) is 0 Å². The lowest BCUT2D eigenvalue weighted by Gasteiger charge is -2.26. The number of hydrazine groups is 1. The van der Waals surface area contributed by atoms with Gasteiger partial charge in [-0.25, -0.2) is 0 Å². The molecular weight excluding hydrogens is 276 g/mol. The van der Waals surface area contributed by atoms with E-state index in [1.165, 1.54) is 37.7 Å². The summed E-state index contributed by atoms with van der Waals surface area (Å²) in [5.41, 5.74) is 4.26. The van der Waals surface area contributed by atoms with Crippen LogP contribution in [0, 0.1) is 5.92 Å². The van der Waals surface area contributed by atoms with Gasteiger partial charge in [-0.1, -0.05) is 60.2 Å². The molecule has 0 aromatic heterocycles. The third-order valence-electron chi connectivity index (χ3n) is 3.75. The zero-order valence-corrected chi connectivity index (χ0v) is 11.7. The molecule has 1 aliphatic rings. The van der Waals surface area contributed by atoms with Crippen molar-refractivity contribution in [3.63, 3.8) is 0 Å². The van der Waals surface area contributed by atoms with Gasteiger partial charge < -0.3 is 0 Å². The molecule has 1 aromatic rings. The fourth-order valence-corrected chi connectivity index (χ4v) is 3.20. The maximum atomic E-state index is 5.71. The molecule has 17 heavy (non-hydrogen) atoms. The molecule has 0 heterocycles. The summed E-state index contributed by atoms with van der Waals surface area (Å²) in [6.45, 7) is 0. The van der Waals surface area contributed by atoms with E-state index in [1.54, 1.807) is 0 Å². The molecule has 2 rings (SSSR count). The van der Waals surface area contributed by atoms with Crippen LogP contribution in [-0.2, 0) is 0 Å². The van der Waals surface area contributed by atoms with E-state index in [2.05, 4.69) is 45.6 Å². The Morgan fingerprint density at radius 2 is 2.06 bits per heavy atom. The molecule has 0 amide bonds. The number of benzene rings is 1. The van der Waals surface area contributed by atoms with Crippen molar-refractivity contribution in [1.82, 2.24) is 5.43 Å². The first-order chi connectivity index (χ1) is 8.29. The second-order valence-corrected chi connectivity index (χ2v) is 5.93. The number of nitrogens with one attached hydrogen (secondary N) is 1. The Kier molecular flexibility index (Phi) is 5.01. The van der Waals surface area contributed by atoms with Crippen molar-refractivity contribution in [2.24, 2.45) is 11.8 Å². The van der Waals surface area contributed by atoms with Gasteiger partial charge in [0.1, 0.15) is 0 Å². The molecule has 0 saturated heterocycles. The summed E-state index contributed by atoms with van der Waals surface area (Å²) in [5.74, 6) is 6.54. The van der Waals surface area contributed by atoms with Crippen molar-refractivity contribution < 1.29 is 0 Å². The van der Waals surface area contributed by atoms with Crippen LogP contribution >= 0.6 is 15.9 Å². The van der Waals surface area contributed by atoms with Crippen LogP contribution in [0.15, 0.2) is 28.7 Å². The molecule has 1 aliphatic carbocycles. The smallest absolute Gasteiger partial charge is 0.0463 e. The van der Waals surface area contributed by atoms with Gasteiger partial charge >= 0.3 is 0 Å². The zero-order chi connectivity index (χ0) is 12.1. The van der Waals surface area contributed by atoms with Crippen LogP contribution in [0.25, 0.3) is 0 Å². The fourth-order valence-electron chi connectivity index (χ4n) is 2.78. The molecule has 0 spiro atoms. The lowest BCUT2D eigenvalue weighted by Crippen LogP contribution is -2.30. The lowest BCUT2D eigenvalue weighted by molar-refractivity contribution is 0.301. The Bertz CT molecular complexity index is 348. The predicted octanol–water partition coefficient (Wildman–Crippen LogP) is 3.92. The summed E-state index contributed by atoms with van der Waals surface area (Å²) in [6, 6.07) is 8.73. The summed E-state index contributed by atoms with van der Waals surface area (Å²) >= 11 is 3.52. The molecular formula is C14H21BrN2. The van der Waals surface area contributed by atoms with Crippen molar-refractivity contribution in [3.05, 3.63) is 34.3 Å². The van der Waals surface area contributed by atoms with E-state index < -0.39 is 0 Å². The first-order valence-electron chi connectivity index (χ1n) is 6.51. The Labute approximate surface area is 112 Å². The number of halogens is 1. The summed E-state index contributed by atoms with van der Waals surface area (Å²) in [6.07, 6.45) is 8.08. The van der Waals surface area contributed by atoms with Crippen molar-refractivity contribution in [2.45, 2.75) is 44.6 Å². The molecule has 1 unspecified atom stereocenters. The van der Waals surface area contributed by atoms with Crippen LogP contribution in [0.2, 0.25) is 0 Å². The first kappa shape index (κ1) is 13.1. The summed E-state index contributed by atoms with van der Waals surface area (Å²) in [7, 11) is 0. The Morgan fingerprint density at radius 1 is 1.29 bits per heavy atom. The van der Waals surface area contributed by atoms with E-state index in [-0.39, 0.29) is 6.04 Å². The molecule has 1 aromatic carbocycles. The van der Waals surface area contributed by atoms with Crippen molar-refractivity contribution >= 4 is 15.9 Å². The molecule has 1 saturated carbocycles. The monoisotopic (exact) mass is 296 g/mol. The van der Waals surface area contributed by atoms with E-state index in [0.29, 0.717) is 0 Å². The fraction of sp³-hybridized carbons (Fsp3) is 0.571. The van der Waals surface area contributed by atoms with Gasteiger partial charge in [-0.2, -0.15) is 0 Å². The number of rotatable bonds is 4. The molecule has 2 nitrogen and oxygen atoms in total. The summed E-state index contributed by atoms with van der Waals surface area (Å²) in [5, 5.41) is 0. The Hall–Kier alpha value is -0.380. The maximum Gasteiger partial charge on any atom is 0.0463 e. The van der Waals surface area contributed by atoms with Crippen molar-refractivity contribution in [3.8, 4) is 0 Å².